The van der Waals surface area contributed by atoms with Gasteiger partial charge >= 0.3 is 12.8 Å². The van der Waals surface area contributed by atoms with Crippen molar-refractivity contribution in [3.63, 3.8) is 0 Å². The molecule has 2 atom stereocenters. The summed E-state index contributed by atoms with van der Waals surface area (Å²) in [5, 5.41) is 0. The number of piperidine rings is 1. The number of hydrogen-bond acceptors (Lipinski definition) is 5. The van der Waals surface area contributed by atoms with Gasteiger partial charge in [-0.15, -0.1) is 0 Å². The first kappa shape index (κ1) is 29.5. The molecule has 36 heavy (non-hydrogen) atoms. The van der Waals surface area contributed by atoms with Crippen LogP contribution >= 0.6 is 0 Å². The molecule has 6 nitrogen and oxygen atoms in total. The Bertz CT molecular complexity index is 862. The minimum atomic E-state index is -1.30. The van der Waals surface area contributed by atoms with Crippen molar-refractivity contribution < 1.29 is 13.9 Å². The molecular formula is C28H46BN3O3S. The molecule has 1 N–H and O–H groups in total. The van der Waals surface area contributed by atoms with Gasteiger partial charge in [0, 0.05) is 13.0 Å². The quantitative estimate of drug-likeness (QED) is 0.184. The van der Waals surface area contributed by atoms with Gasteiger partial charge in [-0.25, -0.2) is 6.57 Å². The highest BCUT2D eigenvalue weighted by atomic mass is 32.2. The second-order valence-electron chi connectivity index (χ2n) is 12.5. The maximum Gasteiger partial charge on any atom is 0.457 e. The first-order chi connectivity index (χ1) is 16.8. The molecule has 0 bridgehead atoms. The Morgan fingerprint density at radius 1 is 1.08 bits per heavy atom. The molecule has 2 fully saturated rings. The van der Waals surface area contributed by atoms with Gasteiger partial charge in [0.05, 0.1) is 28.5 Å². The van der Waals surface area contributed by atoms with Crippen molar-refractivity contribution in [2.24, 2.45) is 5.92 Å². The smallest absolute Gasteiger partial charge is 0.457 e. The Balaban J connectivity index is 1.61. The summed E-state index contributed by atoms with van der Waals surface area (Å²) in [5.74, 6) is 0.171. The highest BCUT2D eigenvalue weighted by molar-refractivity contribution is 7.90. The molecule has 2 aliphatic rings. The zero-order valence-corrected chi connectivity index (χ0v) is 24.2. The summed E-state index contributed by atoms with van der Waals surface area (Å²) in [6.07, 6.45) is 5.12. The number of hydrogen-bond donors (Lipinski definition) is 1. The van der Waals surface area contributed by atoms with Crippen LogP contribution in [0.4, 0.5) is 0 Å². The predicted octanol–water partition coefficient (Wildman–Crippen LogP) is 5.83. The Labute approximate surface area is 223 Å². The fourth-order valence-electron chi connectivity index (χ4n) is 5.02. The molecule has 0 saturated carbocycles. The van der Waals surface area contributed by atoms with Crippen molar-refractivity contribution in [3.05, 3.63) is 47.3 Å². The van der Waals surface area contributed by atoms with Crippen molar-refractivity contribution in [2.75, 3.05) is 13.1 Å². The van der Waals surface area contributed by atoms with E-state index < -0.39 is 21.8 Å². The highest BCUT2D eigenvalue weighted by Crippen LogP contribution is 2.39. The van der Waals surface area contributed by atoms with E-state index in [1.54, 1.807) is 0 Å². The highest BCUT2D eigenvalue weighted by Gasteiger charge is 2.52. The normalized spacial score (nSPS) is 23.2. The van der Waals surface area contributed by atoms with Crippen LogP contribution in [0.15, 0.2) is 30.3 Å². The van der Waals surface area contributed by atoms with E-state index in [1.807, 2.05) is 26.8 Å². The molecule has 1 aromatic rings. The van der Waals surface area contributed by atoms with Crippen LogP contribution in [0.2, 0.25) is 6.32 Å². The molecule has 2 saturated heterocycles. The first-order valence-corrected chi connectivity index (χ1v) is 14.6. The number of nitrogens with one attached hydrogen (secondary N) is 1. The van der Waals surface area contributed by atoms with E-state index >= 15 is 0 Å². The van der Waals surface area contributed by atoms with Crippen molar-refractivity contribution in [1.82, 2.24) is 9.62 Å². The molecule has 0 aromatic heterocycles. The van der Waals surface area contributed by atoms with Crippen LogP contribution in [0.1, 0.15) is 86.1 Å². The first-order valence-electron chi connectivity index (χ1n) is 13.5. The van der Waals surface area contributed by atoms with E-state index in [0.717, 1.165) is 51.6 Å². The van der Waals surface area contributed by atoms with Gasteiger partial charge in [-0.3, -0.25) is 9.74 Å². The zero-order valence-electron chi connectivity index (χ0n) is 23.4. The molecule has 0 aliphatic carbocycles. The molecule has 0 spiro atoms. The predicted molar refractivity (Wildman–Crippen MR) is 150 cm³/mol. The van der Waals surface area contributed by atoms with E-state index in [9.17, 15) is 4.55 Å². The SMILES string of the molecule is [C-]#[N+][C@@](CCCCB1OC(C)(C)C(C)(C)O1)(N[S@+]([O-])C(C)(C)C)C1CCN(Cc2ccccc2)CC1. The van der Waals surface area contributed by atoms with Crippen LogP contribution in [-0.2, 0) is 27.2 Å². The maximum absolute atomic E-state index is 13.2. The summed E-state index contributed by atoms with van der Waals surface area (Å²) in [7, 11) is -0.213. The van der Waals surface area contributed by atoms with Crippen LogP contribution in [0.3, 0.4) is 0 Å². The van der Waals surface area contributed by atoms with E-state index in [0.29, 0.717) is 6.42 Å². The second-order valence-corrected chi connectivity index (χ2v) is 14.5. The minimum Gasteiger partial charge on any atom is -0.597 e. The number of benzene rings is 1. The zero-order chi connectivity index (χ0) is 26.6. The second kappa shape index (κ2) is 11.8. The average Bonchev–Trinajstić information content (AvgIpc) is 3.02. The monoisotopic (exact) mass is 515 g/mol. The molecule has 3 rings (SSSR count). The van der Waals surface area contributed by atoms with Crippen molar-refractivity contribution in [2.45, 2.75) is 115 Å². The third-order valence-corrected chi connectivity index (χ3v) is 9.74. The van der Waals surface area contributed by atoms with Gasteiger partial charge in [0.25, 0.3) is 0 Å². The van der Waals surface area contributed by atoms with Crippen molar-refractivity contribution >= 4 is 18.5 Å². The van der Waals surface area contributed by atoms with Gasteiger partial charge in [-0.05, 0) is 92.7 Å². The average molecular weight is 516 g/mol. The van der Waals surface area contributed by atoms with E-state index in [-0.39, 0.29) is 24.2 Å². The van der Waals surface area contributed by atoms with E-state index in [4.69, 9.17) is 15.9 Å². The fraction of sp³-hybridized carbons (Fsp3) is 0.750. The number of nitrogens with zero attached hydrogens (tertiary/aromatic N) is 2. The van der Waals surface area contributed by atoms with Crippen LogP contribution < -0.4 is 4.72 Å². The van der Waals surface area contributed by atoms with Gasteiger partial charge in [-0.1, -0.05) is 41.5 Å². The summed E-state index contributed by atoms with van der Waals surface area (Å²) >= 11 is -1.30. The summed E-state index contributed by atoms with van der Waals surface area (Å²) in [6, 6.07) is 10.6. The summed E-state index contributed by atoms with van der Waals surface area (Å²) in [4.78, 5) is 6.66. The topological polar surface area (TPSA) is 61.1 Å². The van der Waals surface area contributed by atoms with Gasteiger partial charge < -0.3 is 13.9 Å². The van der Waals surface area contributed by atoms with Gasteiger partial charge in [0.1, 0.15) is 4.75 Å². The fourth-order valence-corrected chi connectivity index (χ4v) is 5.96. The van der Waals surface area contributed by atoms with Crippen LogP contribution in [-0.4, -0.2) is 51.3 Å². The lowest BCUT2D eigenvalue weighted by Gasteiger charge is -2.39. The lowest BCUT2D eigenvalue weighted by atomic mass is 9.78. The van der Waals surface area contributed by atoms with E-state index in [2.05, 4.69) is 66.4 Å². The van der Waals surface area contributed by atoms with Crippen LogP contribution in [0, 0.1) is 12.5 Å². The molecule has 1 aromatic carbocycles. The Kier molecular flexibility index (Phi) is 9.63. The number of likely N-dealkylation sites (tertiary alicyclic amines) is 1. The summed E-state index contributed by atoms with van der Waals surface area (Å²) in [6.45, 7) is 25.3. The molecule has 0 unspecified atom stereocenters. The lowest BCUT2D eigenvalue weighted by Crippen LogP contribution is -2.57. The Hall–Kier alpha value is -1.08. The third kappa shape index (κ3) is 7.27. The third-order valence-electron chi connectivity index (χ3n) is 8.09. The van der Waals surface area contributed by atoms with Gasteiger partial charge in [0.15, 0.2) is 0 Å². The van der Waals surface area contributed by atoms with Crippen molar-refractivity contribution in [3.8, 4) is 0 Å². The van der Waals surface area contributed by atoms with Crippen LogP contribution in [0.5, 0.6) is 0 Å². The van der Waals surface area contributed by atoms with Crippen molar-refractivity contribution in [1.29, 1.82) is 0 Å². The number of rotatable bonds is 10. The largest absolute Gasteiger partial charge is 0.597 e. The summed E-state index contributed by atoms with van der Waals surface area (Å²) in [5.41, 5.74) is -0.136. The van der Waals surface area contributed by atoms with E-state index in [1.165, 1.54) is 5.56 Å². The summed E-state index contributed by atoms with van der Waals surface area (Å²) < 4.78 is 28.4. The molecule has 8 heteroatoms. The standard InChI is InChI=1S/C28H46BN3O3S/c1-25(2,3)36(33)31-28(30-8,18-12-13-19-29-34-26(4,5)27(6,7)35-29)24-16-20-32(21-17-24)22-23-14-10-9-11-15-23/h9-11,14-15,24,31H,12-13,16-22H2,1-7H3/t28-,36+/m0/s1. The molecule has 2 aliphatic heterocycles. The molecule has 0 radical (unpaired) electrons. The molecule has 2 heterocycles. The molecular weight excluding hydrogens is 469 g/mol. The maximum atomic E-state index is 13.2. The van der Waals surface area contributed by atoms with Gasteiger partial charge in [-0.2, -0.15) is 0 Å². The van der Waals surface area contributed by atoms with Gasteiger partial charge in [0.2, 0.25) is 0 Å². The molecule has 200 valence electrons. The Morgan fingerprint density at radius 2 is 1.67 bits per heavy atom. The van der Waals surface area contributed by atoms with Crippen LogP contribution in [0.25, 0.3) is 4.85 Å². The molecule has 0 amide bonds. The lowest BCUT2D eigenvalue weighted by molar-refractivity contribution is 0.00578. The minimum absolute atomic E-state index is 0.171. The Morgan fingerprint density at radius 3 is 2.19 bits per heavy atom. The number of unbranched alkanes of at least 4 members (excludes halogenated alkanes) is 1.